The highest BCUT2D eigenvalue weighted by atomic mass is 16.6. The van der Waals surface area contributed by atoms with Crippen LogP contribution in [0.25, 0.3) is 0 Å². The molecule has 1 amide bonds. The van der Waals surface area contributed by atoms with Crippen molar-refractivity contribution < 1.29 is 38.6 Å². The number of hydrogen-bond donors (Lipinski definition) is 2. The van der Waals surface area contributed by atoms with Gasteiger partial charge >= 0.3 is 11.9 Å². The number of ether oxygens (including phenoxy) is 2. The number of fused-ring (bicyclic) bond motifs is 10. The lowest BCUT2D eigenvalue weighted by Crippen LogP contribution is -2.61. The fourth-order valence-corrected chi connectivity index (χ4v) is 4.36. The van der Waals surface area contributed by atoms with Gasteiger partial charge in [0.2, 0.25) is 5.78 Å². The number of amides is 1. The fourth-order valence-electron chi connectivity index (χ4n) is 4.36. The van der Waals surface area contributed by atoms with Gasteiger partial charge in [-0.3, -0.25) is 24.0 Å². The molecule has 2 aliphatic heterocycles. The number of ketones is 2. The van der Waals surface area contributed by atoms with Crippen LogP contribution in [0.3, 0.4) is 0 Å². The van der Waals surface area contributed by atoms with E-state index in [-0.39, 0.29) is 18.8 Å². The second-order valence-electron chi connectivity index (χ2n) is 10.2. The minimum atomic E-state index is -1.81. The number of aliphatic hydroxyl groups is 1. The minimum Gasteiger partial charge on any atom is -0.461 e. The van der Waals surface area contributed by atoms with Crippen molar-refractivity contribution in [1.82, 2.24) is 5.32 Å². The van der Waals surface area contributed by atoms with Crippen LogP contribution in [0.5, 0.6) is 0 Å². The van der Waals surface area contributed by atoms with Gasteiger partial charge in [-0.25, -0.2) is 0 Å². The summed E-state index contributed by atoms with van der Waals surface area (Å²) in [5.74, 6) is -4.15. The molecule has 0 aromatic heterocycles. The molecule has 1 fully saturated rings. The Hall–Kier alpha value is -3.33. The molecule has 0 aromatic carbocycles. The monoisotopic (exact) mass is 529 g/mol. The summed E-state index contributed by atoms with van der Waals surface area (Å²) < 4.78 is 11.2. The summed E-state index contributed by atoms with van der Waals surface area (Å²) in [5, 5.41) is 13.1. The highest BCUT2D eigenvalue weighted by molar-refractivity contribution is 6.35. The van der Waals surface area contributed by atoms with E-state index in [0.29, 0.717) is 18.4 Å². The first-order chi connectivity index (χ1) is 17.8. The van der Waals surface area contributed by atoms with Gasteiger partial charge in [0, 0.05) is 26.2 Å². The smallest absolute Gasteiger partial charge is 0.322 e. The lowest BCUT2D eigenvalue weighted by molar-refractivity contribution is -0.181. The summed E-state index contributed by atoms with van der Waals surface area (Å²) in [6.45, 7) is 9.52. The van der Waals surface area contributed by atoms with Gasteiger partial charge in [0.05, 0.1) is 18.1 Å². The molecule has 1 aliphatic carbocycles. The molecule has 1 saturated heterocycles. The zero-order valence-electron chi connectivity index (χ0n) is 23.0. The van der Waals surface area contributed by atoms with Crippen LogP contribution >= 0.6 is 0 Å². The summed E-state index contributed by atoms with van der Waals surface area (Å²) in [6, 6.07) is -1.18. The number of allylic oxidation sites excluding steroid dienone is 4. The summed E-state index contributed by atoms with van der Waals surface area (Å²) in [6.07, 6.45) is 8.90. The maximum Gasteiger partial charge on any atom is 0.322 e. The maximum absolute atomic E-state index is 13.6. The van der Waals surface area contributed by atoms with Crippen molar-refractivity contribution in [3.8, 4) is 0 Å². The molecule has 9 heteroatoms. The second-order valence-corrected chi connectivity index (χ2v) is 10.2. The molecular weight excluding hydrogens is 490 g/mol. The van der Waals surface area contributed by atoms with E-state index < -0.39 is 59.1 Å². The third kappa shape index (κ3) is 7.84. The van der Waals surface area contributed by atoms with Crippen molar-refractivity contribution >= 4 is 29.4 Å². The number of nitrogens with one attached hydrogen (secondary N) is 1. The van der Waals surface area contributed by atoms with E-state index in [1.807, 2.05) is 19.9 Å². The van der Waals surface area contributed by atoms with Crippen LogP contribution in [0.2, 0.25) is 0 Å². The van der Waals surface area contributed by atoms with Crippen LogP contribution in [-0.4, -0.2) is 58.9 Å². The molecule has 0 spiro atoms. The van der Waals surface area contributed by atoms with Crippen LogP contribution < -0.4 is 5.32 Å². The normalized spacial score (nSPS) is 35.0. The van der Waals surface area contributed by atoms with Crippen molar-refractivity contribution in [3.05, 3.63) is 47.6 Å². The molecular formula is C29H39NO8. The van der Waals surface area contributed by atoms with E-state index in [2.05, 4.69) is 5.32 Å². The molecule has 6 atom stereocenters. The highest BCUT2D eigenvalue weighted by Gasteiger charge is 2.56. The summed E-state index contributed by atoms with van der Waals surface area (Å²) in [5.41, 5.74) is -0.419. The molecule has 0 radical (unpaired) electrons. The van der Waals surface area contributed by atoms with Crippen molar-refractivity contribution in [3.63, 3.8) is 0 Å². The van der Waals surface area contributed by atoms with Gasteiger partial charge in [0.25, 0.3) is 5.91 Å². The lowest BCUT2D eigenvalue weighted by atomic mass is 9.69. The Bertz CT molecular complexity index is 1070. The highest BCUT2D eigenvalue weighted by Crippen LogP contribution is 2.38. The Labute approximate surface area is 224 Å². The van der Waals surface area contributed by atoms with Crippen molar-refractivity contribution in [2.45, 2.75) is 91.6 Å². The Morgan fingerprint density at radius 1 is 1.16 bits per heavy atom. The Balaban J connectivity index is 2.60. The average molecular weight is 530 g/mol. The van der Waals surface area contributed by atoms with E-state index in [4.69, 9.17) is 9.47 Å². The zero-order valence-corrected chi connectivity index (χ0v) is 23.0. The summed E-state index contributed by atoms with van der Waals surface area (Å²) in [4.78, 5) is 63.1. The topological polar surface area (TPSA) is 136 Å². The minimum absolute atomic E-state index is 0.0106. The van der Waals surface area contributed by atoms with Crippen LogP contribution in [0.15, 0.2) is 47.6 Å². The standard InChI is InChI=1S/C29H39NO8/c1-7-8-25(33)37-22-13-10-17(2)9-12-21(32)16-23-19(4)26(34)29(6,28(36)38-23)24(15-18(3)11-14-22)30-27(35)20(5)31/h9-12,14-15,19,21-24,32H,7-8,13,16H2,1-6H3,(H,30,35)/b12-9+,14-11-,17-10-,18-15-/t19?,21-,22+,23-,24-,29+/m1/s1. The van der Waals surface area contributed by atoms with Crippen LogP contribution in [0, 0.1) is 11.3 Å². The van der Waals surface area contributed by atoms with Crippen molar-refractivity contribution in [1.29, 1.82) is 0 Å². The molecule has 2 N–H and O–H groups in total. The molecule has 3 rings (SSSR count). The number of carbonyl (C=O) groups excluding carboxylic acids is 5. The van der Waals surface area contributed by atoms with E-state index >= 15 is 0 Å². The summed E-state index contributed by atoms with van der Waals surface area (Å²) >= 11 is 0. The number of carbonyl (C=O) groups is 5. The molecule has 208 valence electrons. The third-order valence-electron chi connectivity index (χ3n) is 6.86. The Morgan fingerprint density at radius 3 is 2.45 bits per heavy atom. The zero-order chi connectivity index (χ0) is 28.6. The number of esters is 2. The van der Waals surface area contributed by atoms with Gasteiger partial charge < -0.3 is 19.9 Å². The predicted molar refractivity (Wildman–Crippen MR) is 141 cm³/mol. The molecule has 0 saturated carbocycles. The molecule has 9 nitrogen and oxygen atoms in total. The number of aliphatic hydroxyl groups excluding tert-OH is 1. The van der Waals surface area contributed by atoms with Gasteiger partial charge in [-0.1, -0.05) is 55.4 Å². The van der Waals surface area contributed by atoms with Gasteiger partial charge in [-0.05, 0) is 33.3 Å². The van der Waals surface area contributed by atoms with E-state index in [1.54, 1.807) is 38.2 Å². The van der Waals surface area contributed by atoms with Crippen LogP contribution in [0.4, 0.5) is 0 Å². The molecule has 2 bridgehead atoms. The first-order valence-electron chi connectivity index (χ1n) is 13.0. The molecule has 0 aromatic rings. The van der Waals surface area contributed by atoms with E-state index in [9.17, 15) is 29.1 Å². The number of Topliss-reactive ketones (excluding diaryl/α,β-unsaturated/α-hetero) is 2. The maximum atomic E-state index is 13.6. The molecule has 3 aliphatic rings. The SMILES string of the molecule is CCCC(=O)O[C@@H]1/C=C\C(C)=C/[C@@H](NC(=O)C(C)=O)[C@]2(C)C(=O)O[C@H](C[C@H](O)/C=C/C(C)=C\C1)C(C)C2=O. The van der Waals surface area contributed by atoms with Gasteiger partial charge in [0.1, 0.15) is 17.6 Å². The molecule has 2 heterocycles. The quantitative estimate of drug-likeness (QED) is 0.315. The van der Waals surface area contributed by atoms with Crippen LogP contribution in [0.1, 0.15) is 67.2 Å². The van der Waals surface area contributed by atoms with Gasteiger partial charge in [-0.15, -0.1) is 0 Å². The number of hydrogen-bond acceptors (Lipinski definition) is 8. The largest absolute Gasteiger partial charge is 0.461 e. The summed E-state index contributed by atoms with van der Waals surface area (Å²) in [7, 11) is 0. The van der Waals surface area contributed by atoms with E-state index in [1.165, 1.54) is 13.0 Å². The Kier molecular flexibility index (Phi) is 10.9. The first kappa shape index (κ1) is 30.9. The molecule has 38 heavy (non-hydrogen) atoms. The third-order valence-corrected chi connectivity index (χ3v) is 6.86. The van der Waals surface area contributed by atoms with Gasteiger partial charge in [-0.2, -0.15) is 0 Å². The van der Waals surface area contributed by atoms with Gasteiger partial charge in [0.15, 0.2) is 5.78 Å². The second kappa shape index (κ2) is 13.5. The molecule has 1 unspecified atom stereocenters. The van der Waals surface area contributed by atoms with E-state index in [0.717, 1.165) is 12.5 Å². The first-order valence-corrected chi connectivity index (χ1v) is 13.0. The van der Waals surface area contributed by atoms with Crippen molar-refractivity contribution in [2.75, 3.05) is 0 Å². The average Bonchev–Trinajstić information content (AvgIpc) is 2.85. The number of rotatable bonds is 5. The fraction of sp³-hybridized carbons (Fsp3) is 0.552. The van der Waals surface area contributed by atoms with Crippen molar-refractivity contribution in [2.24, 2.45) is 11.3 Å². The predicted octanol–water partition coefficient (Wildman–Crippen LogP) is 3.07. The Morgan fingerprint density at radius 2 is 1.82 bits per heavy atom. The van der Waals surface area contributed by atoms with Crippen LogP contribution in [-0.2, 0) is 33.4 Å². The lowest BCUT2D eigenvalue weighted by Gasteiger charge is -2.42.